The Morgan fingerprint density at radius 1 is 1.07 bits per heavy atom. The topological polar surface area (TPSA) is 32.3 Å². The Hall–Kier alpha value is -2.46. The van der Waals surface area contributed by atoms with Crippen LogP contribution in [-0.4, -0.2) is 29.9 Å². The van der Waals surface area contributed by atoms with E-state index >= 15 is 0 Å². The molecule has 0 radical (unpaired) electrons. The summed E-state index contributed by atoms with van der Waals surface area (Å²) in [5, 5.41) is 2.90. The summed E-state index contributed by atoms with van der Waals surface area (Å²) < 4.78 is 13.6. The molecule has 1 amide bonds. The zero-order chi connectivity index (χ0) is 18.6. The predicted octanol–water partition coefficient (Wildman–Crippen LogP) is 4.43. The van der Waals surface area contributed by atoms with Gasteiger partial charge in [0, 0.05) is 36.5 Å². The van der Waals surface area contributed by atoms with Crippen molar-refractivity contribution in [2.45, 2.75) is 38.1 Å². The molecule has 0 aromatic heterocycles. The number of hydrogen-bond donors (Lipinski definition) is 1. The summed E-state index contributed by atoms with van der Waals surface area (Å²) in [5.74, 6) is -0.578. The van der Waals surface area contributed by atoms with Crippen LogP contribution < -0.4 is 5.32 Å². The van der Waals surface area contributed by atoms with Crippen LogP contribution in [0, 0.1) is 5.82 Å². The number of carbonyl (C=O) groups excluding carboxylic acids is 1. The maximum absolute atomic E-state index is 13.6. The molecule has 0 saturated heterocycles. The highest BCUT2D eigenvalue weighted by Gasteiger charge is 2.26. The van der Waals surface area contributed by atoms with E-state index in [-0.39, 0.29) is 11.7 Å². The molecule has 2 aromatic carbocycles. The Labute approximate surface area is 159 Å². The smallest absolute Gasteiger partial charge is 0.248 e. The maximum Gasteiger partial charge on any atom is 0.248 e. The molecule has 27 heavy (non-hydrogen) atoms. The first kappa shape index (κ1) is 17.9. The zero-order valence-electron chi connectivity index (χ0n) is 15.5. The van der Waals surface area contributed by atoms with Gasteiger partial charge in [-0.1, -0.05) is 30.7 Å². The molecule has 140 valence electrons. The first-order valence-corrected chi connectivity index (χ1v) is 9.78. The van der Waals surface area contributed by atoms with E-state index in [0.29, 0.717) is 5.56 Å². The van der Waals surface area contributed by atoms with Crippen molar-refractivity contribution in [2.75, 3.05) is 18.4 Å². The molecular weight excluding hydrogens is 339 g/mol. The summed E-state index contributed by atoms with van der Waals surface area (Å²) >= 11 is 0. The van der Waals surface area contributed by atoms with Gasteiger partial charge >= 0.3 is 0 Å². The third-order valence-corrected chi connectivity index (χ3v) is 5.72. The summed E-state index contributed by atoms with van der Waals surface area (Å²) in [6.45, 7) is 2.23. The summed E-state index contributed by atoms with van der Waals surface area (Å²) in [5.41, 5.74) is 3.92. The van der Waals surface area contributed by atoms with Crippen molar-refractivity contribution in [2.24, 2.45) is 0 Å². The van der Waals surface area contributed by atoms with Gasteiger partial charge in [-0.2, -0.15) is 0 Å². The van der Waals surface area contributed by atoms with Gasteiger partial charge in [0.1, 0.15) is 5.82 Å². The van der Waals surface area contributed by atoms with Crippen LogP contribution in [0.1, 0.15) is 36.0 Å². The van der Waals surface area contributed by atoms with Crippen molar-refractivity contribution in [3.63, 3.8) is 0 Å². The summed E-state index contributed by atoms with van der Waals surface area (Å²) in [6.07, 6.45) is 9.03. The Bertz CT molecular complexity index is 857. The number of fused-ring (bicyclic) bond motifs is 1. The Kier molecular flexibility index (Phi) is 5.35. The average Bonchev–Trinajstić information content (AvgIpc) is 2.82. The van der Waals surface area contributed by atoms with Crippen LogP contribution in [0.25, 0.3) is 6.08 Å². The van der Waals surface area contributed by atoms with E-state index in [0.717, 1.165) is 37.7 Å². The van der Waals surface area contributed by atoms with E-state index < -0.39 is 0 Å². The molecule has 4 rings (SSSR count). The van der Waals surface area contributed by atoms with Crippen molar-refractivity contribution in [3.05, 3.63) is 71.0 Å². The fourth-order valence-electron chi connectivity index (χ4n) is 3.90. The van der Waals surface area contributed by atoms with Crippen LogP contribution in [0.15, 0.2) is 48.5 Å². The third-order valence-electron chi connectivity index (χ3n) is 5.72. The van der Waals surface area contributed by atoms with Crippen molar-refractivity contribution < 1.29 is 9.18 Å². The number of hydrogen-bond acceptors (Lipinski definition) is 2. The molecule has 1 fully saturated rings. The quantitative estimate of drug-likeness (QED) is 0.814. The standard InChI is InChI=1S/C23H25FN2O/c24-22-7-2-1-4-18(22)9-11-23(27)25-20-10-8-17-12-14-26(21-5-3-6-21)15-13-19(17)16-20/h1-2,4,7-11,16,21H,3,5-6,12-15H2,(H,25,27)/b11-9+. The lowest BCUT2D eigenvalue weighted by atomic mass is 9.91. The number of nitrogens with zero attached hydrogens (tertiary/aromatic N) is 1. The second-order valence-corrected chi connectivity index (χ2v) is 7.45. The van der Waals surface area contributed by atoms with Crippen molar-refractivity contribution in [1.82, 2.24) is 4.90 Å². The number of anilines is 1. The van der Waals surface area contributed by atoms with Crippen LogP contribution in [0.4, 0.5) is 10.1 Å². The van der Waals surface area contributed by atoms with Crippen LogP contribution in [0.3, 0.4) is 0 Å². The third kappa shape index (κ3) is 4.28. The lowest BCUT2D eigenvalue weighted by Crippen LogP contribution is -2.41. The molecular formula is C23H25FN2O. The largest absolute Gasteiger partial charge is 0.323 e. The minimum absolute atomic E-state index is 0.247. The van der Waals surface area contributed by atoms with E-state index in [9.17, 15) is 9.18 Å². The SMILES string of the molecule is O=C(/C=C/c1ccccc1F)Nc1ccc2c(c1)CCN(C1CCC1)CC2. The second kappa shape index (κ2) is 8.05. The highest BCUT2D eigenvalue weighted by atomic mass is 19.1. The van der Waals surface area contributed by atoms with Crippen molar-refractivity contribution in [3.8, 4) is 0 Å². The summed E-state index contributed by atoms with van der Waals surface area (Å²) in [4.78, 5) is 14.8. The van der Waals surface area contributed by atoms with Gasteiger partial charge in [-0.3, -0.25) is 9.69 Å². The normalized spacial score (nSPS) is 18.0. The molecule has 1 saturated carbocycles. The summed E-state index contributed by atoms with van der Waals surface area (Å²) in [6, 6.07) is 13.4. The Morgan fingerprint density at radius 2 is 1.85 bits per heavy atom. The van der Waals surface area contributed by atoms with Gasteiger partial charge in [0.15, 0.2) is 0 Å². The predicted molar refractivity (Wildman–Crippen MR) is 107 cm³/mol. The lowest BCUT2D eigenvalue weighted by Gasteiger charge is -2.36. The van der Waals surface area contributed by atoms with Crippen molar-refractivity contribution in [1.29, 1.82) is 0 Å². The molecule has 1 heterocycles. The summed E-state index contributed by atoms with van der Waals surface area (Å²) in [7, 11) is 0. The van der Waals surface area contributed by atoms with E-state index in [1.54, 1.807) is 18.2 Å². The molecule has 4 heteroatoms. The van der Waals surface area contributed by atoms with Crippen molar-refractivity contribution >= 4 is 17.7 Å². The van der Waals surface area contributed by atoms with Gasteiger partial charge in [0.05, 0.1) is 0 Å². The number of benzene rings is 2. The van der Waals surface area contributed by atoms with Crippen LogP contribution in [0.5, 0.6) is 0 Å². The minimum atomic E-state index is -0.331. The fraction of sp³-hybridized carbons (Fsp3) is 0.348. The van der Waals surface area contributed by atoms with Gasteiger partial charge < -0.3 is 5.32 Å². The lowest BCUT2D eigenvalue weighted by molar-refractivity contribution is -0.111. The van der Waals surface area contributed by atoms with Gasteiger partial charge in [-0.15, -0.1) is 0 Å². The number of rotatable bonds is 4. The first-order valence-electron chi connectivity index (χ1n) is 9.78. The minimum Gasteiger partial charge on any atom is -0.323 e. The molecule has 0 bridgehead atoms. The molecule has 0 spiro atoms. The highest BCUT2D eigenvalue weighted by molar-refractivity contribution is 6.02. The molecule has 2 aromatic rings. The van der Waals surface area contributed by atoms with Crippen LogP contribution in [-0.2, 0) is 17.6 Å². The zero-order valence-corrected chi connectivity index (χ0v) is 15.5. The van der Waals surface area contributed by atoms with Crippen LogP contribution in [0.2, 0.25) is 0 Å². The van der Waals surface area contributed by atoms with Gasteiger partial charge in [-0.05, 0) is 61.1 Å². The first-order chi connectivity index (χ1) is 13.2. The van der Waals surface area contributed by atoms with E-state index in [1.807, 2.05) is 6.07 Å². The molecule has 0 unspecified atom stereocenters. The molecule has 1 aliphatic carbocycles. The number of amides is 1. The van der Waals surface area contributed by atoms with E-state index in [2.05, 4.69) is 22.3 Å². The molecule has 1 N–H and O–H groups in total. The maximum atomic E-state index is 13.6. The molecule has 3 nitrogen and oxygen atoms in total. The molecule has 0 atom stereocenters. The number of carbonyl (C=O) groups is 1. The average molecular weight is 364 g/mol. The Balaban J connectivity index is 1.40. The number of nitrogens with one attached hydrogen (secondary N) is 1. The monoisotopic (exact) mass is 364 g/mol. The van der Waals surface area contributed by atoms with E-state index in [4.69, 9.17) is 0 Å². The molecule has 2 aliphatic rings. The van der Waals surface area contributed by atoms with E-state index in [1.165, 1.54) is 48.6 Å². The Morgan fingerprint density at radius 3 is 2.59 bits per heavy atom. The fourth-order valence-corrected chi connectivity index (χ4v) is 3.90. The van der Waals surface area contributed by atoms with Gasteiger partial charge in [-0.25, -0.2) is 4.39 Å². The molecule has 1 aliphatic heterocycles. The van der Waals surface area contributed by atoms with Gasteiger partial charge in [0.25, 0.3) is 0 Å². The van der Waals surface area contributed by atoms with Crippen LogP contribution >= 0.6 is 0 Å². The number of halogens is 1. The highest BCUT2D eigenvalue weighted by Crippen LogP contribution is 2.28. The van der Waals surface area contributed by atoms with Gasteiger partial charge in [0.2, 0.25) is 5.91 Å². The second-order valence-electron chi connectivity index (χ2n) is 7.45.